The van der Waals surface area contributed by atoms with Gasteiger partial charge in [0.15, 0.2) is 11.5 Å². The second kappa shape index (κ2) is 10.8. The molecule has 0 bridgehead atoms. The largest absolute Gasteiger partial charge is 0.493 e. The monoisotopic (exact) mass is 486 g/mol. The van der Waals surface area contributed by atoms with Crippen LogP contribution in [-0.2, 0) is 25.6 Å². The molecule has 0 unspecified atom stereocenters. The maximum atomic E-state index is 13.2. The molecule has 34 heavy (non-hydrogen) atoms. The Kier molecular flexibility index (Phi) is 7.91. The minimum atomic E-state index is -1.30. The lowest BCUT2D eigenvalue weighted by molar-refractivity contribution is -0.135. The van der Waals surface area contributed by atoms with E-state index >= 15 is 0 Å². The molecule has 3 rings (SSSR count). The maximum Gasteiger partial charge on any atom is 0.328 e. The second-order valence-electron chi connectivity index (χ2n) is 7.41. The normalized spacial score (nSPS) is 15.6. The zero-order chi connectivity index (χ0) is 24.8. The Morgan fingerprint density at radius 1 is 1.09 bits per heavy atom. The molecule has 10 heteroatoms. The zero-order valence-electron chi connectivity index (χ0n) is 18.6. The minimum Gasteiger partial charge on any atom is -0.493 e. The first-order valence-electron chi connectivity index (χ1n) is 10.3. The molecule has 1 fully saturated rings. The number of rotatable bonds is 9. The van der Waals surface area contributed by atoms with Crippen LogP contribution in [0.25, 0.3) is 0 Å². The van der Waals surface area contributed by atoms with Gasteiger partial charge in [0.05, 0.1) is 26.3 Å². The van der Waals surface area contributed by atoms with Gasteiger partial charge in [0, 0.05) is 23.7 Å². The fraction of sp³-hybridized carbons (Fsp3) is 0.250. The van der Waals surface area contributed by atoms with Crippen LogP contribution in [0.2, 0.25) is 5.02 Å². The van der Waals surface area contributed by atoms with E-state index in [0.717, 1.165) is 16.5 Å². The van der Waals surface area contributed by atoms with Crippen LogP contribution in [0, 0.1) is 0 Å². The molecule has 0 saturated carbocycles. The van der Waals surface area contributed by atoms with E-state index in [1.807, 2.05) is 0 Å². The van der Waals surface area contributed by atoms with Gasteiger partial charge in [-0.05, 0) is 48.4 Å². The van der Waals surface area contributed by atoms with Crippen LogP contribution in [0.3, 0.4) is 0 Å². The number of benzene rings is 2. The molecule has 9 nitrogen and oxygen atoms in total. The number of ether oxygens (including phenoxy) is 2. The molecule has 2 aromatic carbocycles. The van der Waals surface area contributed by atoms with E-state index in [-0.39, 0.29) is 13.0 Å². The van der Waals surface area contributed by atoms with Gasteiger partial charge < -0.3 is 19.5 Å². The lowest BCUT2D eigenvalue weighted by atomic mass is 10.1. The number of imide groups is 1. The van der Waals surface area contributed by atoms with E-state index in [1.54, 1.807) is 42.5 Å². The van der Waals surface area contributed by atoms with Crippen molar-refractivity contribution in [2.75, 3.05) is 25.7 Å². The summed E-state index contributed by atoms with van der Waals surface area (Å²) < 4.78 is 10.5. The molecule has 3 amide bonds. The van der Waals surface area contributed by atoms with E-state index in [2.05, 4.69) is 0 Å². The molecule has 1 aliphatic heterocycles. The Morgan fingerprint density at radius 2 is 1.76 bits per heavy atom. The first-order valence-corrected chi connectivity index (χ1v) is 10.7. The molecule has 0 aromatic heterocycles. The van der Waals surface area contributed by atoms with Crippen molar-refractivity contribution in [1.82, 2.24) is 4.90 Å². The van der Waals surface area contributed by atoms with Crippen molar-refractivity contribution in [2.45, 2.75) is 18.9 Å². The zero-order valence-corrected chi connectivity index (χ0v) is 19.3. The molecule has 1 aliphatic rings. The molecule has 1 N–H and O–H groups in total. The summed E-state index contributed by atoms with van der Waals surface area (Å²) in [5.74, 6) is -1.99. The number of hydrogen-bond donors (Lipinski definition) is 1. The van der Waals surface area contributed by atoms with Gasteiger partial charge in [-0.25, -0.2) is 9.69 Å². The Morgan fingerprint density at radius 3 is 2.38 bits per heavy atom. The lowest BCUT2D eigenvalue weighted by Crippen LogP contribution is -2.46. The molecule has 178 valence electrons. The summed E-state index contributed by atoms with van der Waals surface area (Å²) in [5.41, 5.74) is 1.14. The number of carboxylic acids is 1. The highest BCUT2D eigenvalue weighted by molar-refractivity contribution is 6.31. The number of amides is 3. The summed E-state index contributed by atoms with van der Waals surface area (Å²) >= 11 is 5.90. The van der Waals surface area contributed by atoms with E-state index in [9.17, 15) is 19.2 Å². The number of carboxylic acid groups (broad SMARTS) is 1. The molecule has 1 saturated heterocycles. The Hall–Kier alpha value is -3.85. The van der Waals surface area contributed by atoms with Crippen LogP contribution in [-0.4, -0.2) is 60.5 Å². The molecular weight excluding hydrogens is 464 g/mol. The van der Waals surface area contributed by atoms with Crippen molar-refractivity contribution in [3.8, 4) is 11.5 Å². The Bertz CT molecular complexity index is 1130. The number of hydrogen-bond acceptors (Lipinski definition) is 6. The van der Waals surface area contributed by atoms with E-state index < -0.39 is 29.7 Å². The number of carbonyl (C=O) groups excluding carboxylic acids is 3. The number of anilines is 1. The highest BCUT2D eigenvalue weighted by atomic mass is 35.5. The first kappa shape index (κ1) is 24.8. The number of methoxy groups -OCH3 is 2. The highest BCUT2D eigenvalue weighted by Crippen LogP contribution is 2.29. The first-order chi connectivity index (χ1) is 16.2. The third-order valence-corrected chi connectivity index (χ3v) is 5.58. The van der Waals surface area contributed by atoms with Gasteiger partial charge in [-0.1, -0.05) is 17.7 Å². The molecule has 2 aromatic rings. The summed E-state index contributed by atoms with van der Waals surface area (Å²) in [6.45, 7) is 0.0659. The fourth-order valence-corrected chi connectivity index (χ4v) is 3.79. The van der Waals surface area contributed by atoms with Crippen molar-refractivity contribution in [2.24, 2.45) is 0 Å². The molecule has 1 heterocycles. The quantitative estimate of drug-likeness (QED) is 0.428. The lowest BCUT2D eigenvalue weighted by Gasteiger charge is -2.26. The van der Waals surface area contributed by atoms with Gasteiger partial charge in [-0.3, -0.25) is 14.4 Å². The van der Waals surface area contributed by atoms with Gasteiger partial charge in [-0.15, -0.1) is 0 Å². The Balaban J connectivity index is 1.86. The number of halogens is 1. The second-order valence-corrected chi connectivity index (χ2v) is 7.84. The Labute approximate surface area is 201 Å². The third-order valence-electron chi connectivity index (χ3n) is 5.32. The van der Waals surface area contributed by atoms with Crippen molar-refractivity contribution in [1.29, 1.82) is 0 Å². The van der Waals surface area contributed by atoms with Crippen LogP contribution in [0.4, 0.5) is 5.69 Å². The van der Waals surface area contributed by atoms with Gasteiger partial charge in [0.2, 0.25) is 11.8 Å². The van der Waals surface area contributed by atoms with Gasteiger partial charge in [0.1, 0.15) is 6.04 Å². The van der Waals surface area contributed by atoms with Crippen molar-refractivity contribution >= 4 is 41.0 Å². The highest BCUT2D eigenvalue weighted by Gasteiger charge is 2.43. The van der Waals surface area contributed by atoms with Crippen LogP contribution in [0.5, 0.6) is 11.5 Å². The molecule has 0 radical (unpaired) electrons. The smallest absolute Gasteiger partial charge is 0.328 e. The fourth-order valence-electron chi connectivity index (χ4n) is 3.66. The number of nitrogens with zero attached hydrogens (tertiary/aromatic N) is 2. The molecule has 1 atom stereocenters. The summed E-state index contributed by atoms with van der Waals surface area (Å²) in [7, 11) is 3.02. The minimum absolute atomic E-state index is 0.0659. The van der Waals surface area contributed by atoms with Crippen molar-refractivity contribution in [3.05, 3.63) is 65.2 Å². The molecular formula is C24H23ClN2O7. The van der Waals surface area contributed by atoms with E-state index in [1.165, 1.54) is 19.1 Å². The summed E-state index contributed by atoms with van der Waals surface area (Å²) in [6.07, 6.45) is 1.68. The average Bonchev–Trinajstić information content (AvgIpc) is 3.11. The van der Waals surface area contributed by atoms with E-state index in [0.29, 0.717) is 34.7 Å². The van der Waals surface area contributed by atoms with Crippen molar-refractivity contribution < 1.29 is 33.8 Å². The standard InChI is InChI=1S/C24H23ClN2O7/c1-33-19-8-3-15(13-20(19)34-2)11-12-26(21(28)9-10-23(30)31)18-14-22(29)27(24(18)32)17-6-4-16(25)5-7-17/h3-10,13,18H,11-12,14H2,1-2H3,(H,30,31)/b10-9-/t18-/m1/s1. The van der Waals surface area contributed by atoms with Gasteiger partial charge >= 0.3 is 5.97 Å². The topological polar surface area (TPSA) is 113 Å². The predicted octanol–water partition coefficient (Wildman–Crippen LogP) is 2.70. The average molecular weight is 487 g/mol. The summed E-state index contributed by atoms with van der Waals surface area (Å²) in [6, 6.07) is 10.4. The third kappa shape index (κ3) is 5.55. The maximum absolute atomic E-state index is 13.2. The SMILES string of the molecule is COc1ccc(CCN(C(=O)/C=C\C(=O)O)[C@@H]2CC(=O)N(c3ccc(Cl)cc3)C2=O)cc1OC. The summed E-state index contributed by atoms with van der Waals surface area (Å²) in [5, 5.41) is 9.36. The van der Waals surface area contributed by atoms with Gasteiger partial charge in [0.25, 0.3) is 5.91 Å². The van der Waals surface area contributed by atoms with Crippen LogP contribution in [0.15, 0.2) is 54.6 Å². The molecule has 0 spiro atoms. The van der Waals surface area contributed by atoms with Crippen molar-refractivity contribution in [3.63, 3.8) is 0 Å². The van der Waals surface area contributed by atoms with Gasteiger partial charge in [-0.2, -0.15) is 0 Å². The number of aliphatic carboxylic acids is 1. The van der Waals surface area contributed by atoms with Crippen LogP contribution in [0.1, 0.15) is 12.0 Å². The van der Waals surface area contributed by atoms with Crippen LogP contribution < -0.4 is 14.4 Å². The summed E-state index contributed by atoms with van der Waals surface area (Å²) in [4.78, 5) is 51.9. The van der Waals surface area contributed by atoms with E-state index in [4.69, 9.17) is 26.2 Å². The molecule has 0 aliphatic carbocycles. The number of carbonyl (C=O) groups is 4. The van der Waals surface area contributed by atoms with Crippen LogP contribution >= 0.6 is 11.6 Å². The predicted molar refractivity (Wildman–Crippen MR) is 124 cm³/mol.